The van der Waals surface area contributed by atoms with Crippen molar-refractivity contribution in [3.8, 4) is 0 Å². The van der Waals surface area contributed by atoms with Gasteiger partial charge in [0.2, 0.25) is 0 Å². The summed E-state index contributed by atoms with van der Waals surface area (Å²) in [6.07, 6.45) is 6.08. The van der Waals surface area contributed by atoms with Gasteiger partial charge in [-0.05, 0) is 50.0 Å². The molecule has 0 aromatic carbocycles. The van der Waals surface area contributed by atoms with Crippen LogP contribution in [0.4, 0.5) is 0 Å². The molecule has 1 N–H and O–H groups in total. The maximum absolute atomic E-state index is 3.63. The fourth-order valence-corrected chi connectivity index (χ4v) is 4.36. The first kappa shape index (κ1) is 15.3. The van der Waals surface area contributed by atoms with Crippen molar-refractivity contribution < 1.29 is 0 Å². The van der Waals surface area contributed by atoms with Gasteiger partial charge in [0.1, 0.15) is 0 Å². The first-order chi connectivity index (χ1) is 8.97. The van der Waals surface area contributed by atoms with E-state index >= 15 is 0 Å². The predicted molar refractivity (Wildman–Crippen MR) is 83.3 cm³/mol. The normalized spacial score (nSPS) is 31.9. The average molecular weight is 266 g/mol. The molecule has 112 valence electrons. The van der Waals surface area contributed by atoms with Crippen molar-refractivity contribution in [2.75, 3.05) is 20.1 Å². The summed E-state index contributed by atoms with van der Waals surface area (Å²) in [6, 6.07) is 1.28. The lowest BCUT2D eigenvalue weighted by Crippen LogP contribution is -2.47. The van der Waals surface area contributed by atoms with Gasteiger partial charge in [-0.2, -0.15) is 0 Å². The van der Waals surface area contributed by atoms with Gasteiger partial charge in [-0.25, -0.2) is 0 Å². The Hall–Kier alpha value is -0.0800. The molecule has 2 heteroatoms. The van der Waals surface area contributed by atoms with Crippen molar-refractivity contribution in [1.29, 1.82) is 0 Å². The molecule has 0 saturated heterocycles. The number of rotatable bonds is 7. The van der Waals surface area contributed by atoms with Crippen LogP contribution in [-0.2, 0) is 0 Å². The number of hydrogen-bond donors (Lipinski definition) is 1. The predicted octanol–water partition coefficient (Wildman–Crippen LogP) is 3.38. The zero-order valence-electron chi connectivity index (χ0n) is 13.7. The molecule has 2 rings (SSSR count). The molecule has 19 heavy (non-hydrogen) atoms. The third kappa shape index (κ3) is 3.95. The van der Waals surface area contributed by atoms with Crippen molar-refractivity contribution >= 4 is 0 Å². The Bertz CT molecular complexity index is 274. The molecular formula is C17H34N2. The van der Waals surface area contributed by atoms with Gasteiger partial charge >= 0.3 is 0 Å². The van der Waals surface area contributed by atoms with Crippen LogP contribution in [0.5, 0.6) is 0 Å². The SMILES string of the molecule is CC(C)NCC(C(C)C)N(C)CC1CC2CCC1C2. The summed E-state index contributed by atoms with van der Waals surface area (Å²) in [4.78, 5) is 2.64. The zero-order chi connectivity index (χ0) is 14.0. The lowest BCUT2D eigenvalue weighted by atomic mass is 9.88. The molecule has 2 saturated carbocycles. The van der Waals surface area contributed by atoms with Crippen LogP contribution in [-0.4, -0.2) is 37.1 Å². The smallest absolute Gasteiger partial charge is 0.0240 e. The summed E-state index contributed by atoms with van der Waals surface area (Å²) in [5.74, 6) is 3.85. The van der Waals surface area contributed by atoms with E-state index in [9.17, 15) is 0 Å². The number of nitrogens with zero attached hydrogens (tertiary/aromatic N) is 1. The van der Waals surface area contributed by atoms with Crippen molar-refractivity contribution in [2.24, 2.45) is 23.7 Å². The minimum Gasteiger partial charge on any atom is -0.313 e. The average Bonchev–Trinajstić information content (AvgIpc) is 2.89. The third-order valence-electron chi connectivity index (χ3n) is 5.48. The van der Waals surface area contributed by atoms with E-state index in [-0.39, 0.29) is 0 Å². The second-order valence-corrected chi connectivity index (χ2v) is 7.75. The largest absolute Gasteiger partial charge is 0.313 e. The standard InChI is InChI=1S/C17H34N2/c1-12(2)17(10-18-13(3)4)19(5)11-16-9-14-6-7-15(16)8-14/h12-18H,6-11H2,1-5H3. The van der Waals surface area contributed by atoms with E-state index in [1.165, 1.54) is 32.2 Å². The van der Waals surface area contributed by atoms with Crippen LogP contribution < -0.4 is 5.32 Å². The van der Waals surface area contributed by atoms with E-state index < -0.39 is 0 Å². The highest BCUT2D eigenvalue weighted by Crippen LogP contribution is 2.48. The molecule has 2 nitrogen and oxygen atoms in total. The van der Waals surface area contributed by atoms with Gasteiger partial charge in [0.15, 0.2) is 0 Å². The molecule has 0 aliphatic heterocycles. The monoisotopic (exact) mass is 266 g/mol. The zero-order valence-corrected chi connectivity index (χ0v) is 13.7. The fourth-order valence-electron chi connectivity index (χ4n) is 4.36. The Morgan fingerprint density at radius 2 is 1.84 bits per heavy atom. The Morgan fingerprint density at radius 1 is 1.11 bits per heavy atom. The van der Waals surface area contributed by atoms with Gasteiger partial charge in [0.25, 0.3) is 0 Å². The Kier molecular flexibility index (Phi) is 5.30. The lowest BCUT2D eigenvalue weighted by Gasteiger charge is -2.35. The van der Waals surface area contributed by atoms with Gasteiger partial charge in [-0.15, -0.1) is 0 Å². The van der Waals surface area contributed by atoms with Crippen molar-refractivity contribution in [3.05, 3.63) is 0 Å². The van der Waals surface area contributed by atoms with E-state index in [0.29, 0.717) is 12.1 Å². The van der Waals surface area contributed by atoms with Gasteiger partial charge < -0.3 is 10.2 Å². The minimum absolute atomic E-state index is 0.595. The molecule has 0 radical (unpaired) electrons. The fraction of sp³-hybridized carbons (Fsp3) is 1.00. The van der Waals surface area contributed by atoms with Crippen LogP contribution in [0.25, 0.3) is 0 Å². The maximum Gasteiger partial charge on any atom is 0.0240 e. The summed E-state index contributed by atoms with van der Waals surface area (Å²) < 4.78 is 0. The van der Waals surface area contributed by atoms with Crippen molar-refractivity contribution in [2.45, 2.75) is 65.5 Å². The van der Waals surface area contributed by atoms with Crippen LogP contribution in [0.15, 0.2) is 0 Å². The van der Waals surface area contributed by atoms with Crippen LogP contribution in [0.1, 0.15) is 53.4 Å². The molecule has 4 unspecified atom stereocenters. The second-order valence-electron chi connectivity index (χ2n) is 7.75. The van der Waals surface area contributed by atoms with E-state index in [2.05, 4.69) is 45.0 Å². The summed E-state index contributed by atoms with van der Waals surface area (Å²) in [7, 11) is 2.35. The van der Waals surface area contributed by atoms with Crippen molar-refractivity contribution in [3.63, 3.8) is 0 Å². The van der Waals surface area contributed by atoms with E-state index in [1.54, 1.807) is 0 Å². The van der Waals surface area contributed by atoms with Crippen LogP contribution >= 0.6 is 0 Å². The van der Waals surface area contributed by atoms with Crippen LogP contribution in [0, 0.1) is 23.7 Å². The second kappa shape index (κ2) is 6.58. The van der Waals surface area contributed by atoms with Gasteiger partial charge in [-0.1, -0.05) is 34.1 Å². The molecule has 2 fully saturated rings. The molecule has 0 aromatic heterocycles. The minimum atomic E-state index is 0.595. The van der Waals surface area contributed by atoms with E-state index in [1.807, 2.05) is 0 Å². The Morgan fingerprint density at radius 3 is 2.32 bits per heavy atom. The highest BCUT2D eigenvalue weighted by molar-refractivity contribution is 4.92. The Balaban J connectivity index is 1.83. The number of likely N-dealkylation sites (N-methyl/N-ethyl adjacent to an activating group) is 1. The first-order valence-electron chi connectivity index (χ1n) is 8.41. The molecule has 2 aliphatic carbocycles. The van der Waals surface area contributed by atoms with Gasteiger partial charge in [0.05, 0.1) is 0 Å². The first-order valence-corrected chi connectivity index (χ1v) is 8.41. The summed E-state index contributed by atoms with van der Waals surface area (Å²) in [5.41, 5.74) is 0. The molecular weight excluding hydrogens is 232 g/mol. The van der Waals surface area contributed by atoms with E-state index in [0.717, 1.165) is 30.2 Å². The quantitative estimate of drug-likeness (QED) is 0.760. The molecule has 4 atom stereocenters. The number of nitrogens with one attached hydrogen (secondary N) is 1. The molecule has 2 aliphatic rings. The number of hydrogen-bond acceptors (Lipinski definition) is 2. The molecule has 0 spiro atoms. The summed E-state index contributed by atoms with van der Waals surface area (Å²) in [5, 5.41) is 3.63. The summed E-state index contributed by atoms with van der Waals surface area (Å²) in [6.45, 7) is 11.7. The number of fused-ring (bicyclic) bond motifs is 2. The molecule has 2 bridgehead atoms. The molecule has 0 amide bonds. The topological polar surface area (TPSA) is 15.3 Å². The van der Waals surface area contributed by atoms with Gasteiger partial charge in [-0.3, -0.25) is 0 Å². The Labute approximate surface area is 120 Å². The maximum atomic E-state index is 3.63. The van der Waals surface area contributed by atoms with Crippen molar-refractivity contribution in [1.82, 2.24) is 10.2 Å². The highest BCUT2D eigenvalue weighted by atomic mass is 15.2. The lowest BCUT2D eigenvalue weighted by molar-refractivity contribution is 0.138. The van der Waals surface area contributed by atoms with Gasteiger partial charge in [0, 0.05) is 25.2 Å². The van der Waals surface area contributed by atoms with Crippen LogP contribution in [0.2, 0.25) is 0 Å². The van der Waals surface area contributed by atoms with E-state index in [4.69, 9.17) is 0 Å². The molecule has 0 heterocycles. The molecule has 0 aromatic rings. The summed E-state index contributed by atoms with van der Waals surface area (Å²) >= 11 is 0. The highest BCUT2D eigenvalue weighted by Gasteiger charge is 2.40. The van der Waals surface area contributed by atoms with Crippen LogP contribution in [0.3, 0.4) is 0 Å². The third-order valence-corrected chi connectivity index (χ3v) is 5.48.